The zero-order valence-electron chi connectivity index (χ0n) is 24.6. The van der Waals surface area contributed by atoms with E-state index in [0.29, 0.717) is 5.92 Å². The summed E-state index contributed by atoms with van der Waals surface area (Å²) in [5.74, 6) is 0.677. The number of nitrogens with zero attached hydrogens (tertiary/aromatic N) is 1. The summed E-state index contributed by atoms with van der Waals surface area (Å²) in [6.45, 7) is 12.2. The van der Waals surface area contributed by atoms with Gasteiger partial charge in [0.05, 0.1) is 5.56 Å². The second-order valence-corrected chi connectivity index (χ2v) is 13.8. The van der Waals surface area contributed by atoms with E-state index < -0.39 is 0 Å². The molecule has 2 heterocycles. The van der Waals surface area contributed by atoms with Crippen LogP contribution in [-0.2, 0) is 17.9 Å². The highest BCUT2D eigenvalue weighted by Crippen LogP contribution is 2.53. The number of hydrogen-bond donors (Lipinski definition) is 0. The molecule has 0 saturated heterocycles. The molecule has 1 saturated carbocycles. The number of benzene rings is 3. The van der Waals surface area contributed by atoms with Crippen molar-refractivity contribution in [1.82, 2.24) is 0 Å². The third-order valence-corrected chi connectivity index (χ3v) is 10.2. The van der Waals surface area contributed by atoms with Crippen LogP contribution in [0.2, 0.25) is 0 Å². The van der Waals surface area contributed by atoms with Crippen LogP contribution in [0.5, 0.6) is 0 Å². The molecule has 0 N–H and O–H groups in total. The van der Waals surface area contributed by atoms with Crippen molar-refractivity contribution in [2.45, 2.75) is 96.3 Å². The van der Waals surface area contributed by atoms with Crippen molar-refractivity contribution >= 4 is 32.7 Å². The Bertz CT molecular complexity index is 1760. The molecular formula is C37H42NO+. The van der Waals surface area contributed by atoms with Crippen molar-refractivity contribution in [3.05, 3.63) is 77.0 Å². The van der Waals surface area contributed by atoms with Gasteiger partial charge in [-0.1, -0.05) is 83.4 Å². The molecule has 5 aromatic rings. The number of pyridine rings is 1. The Hall–Kier alpha value is -3.13. The lowest BCUT2D eigenvalue weighted by molar-refractivity contribution is -0.661. The van der Waals surface area contributed by atoms with Crippen molar-refractivity contribution in [3.63, 3.8) is 0 Å². The van der Waals surface area contributed by atoms with Crippen LogP contribution in [0, 0.1) is 6.92 Å². The maximum absolute atomic E-state index is 6.83. The van der Waals surface area contributed by atoms with Crippen LogP contribution in [0.15, 0.2) is 59.1 Å². The number of fused-ring (bicyclic) bond motifs is 5. The van der Waals surface area contributed by atoms with Crippen LogP contribution in [-0.4, -0.2) is 0 Å². The molecule has 7 rings (SSSR count). The Kier molecular flexibility index (Phi) is 5.54. The molecule has 2 aliphatic carbocycles. The monoisotopic (exact) mass is 516 g/mol. The van der Waals surface area contributed by atoms with Gasteiger partial charge in [-0.05, 0) is 83.4 Å². The van der Waals surface area contributed by atoms with Gasteiger partial charge in [0.1, 0.15) is 18.2 Å². The zero-order chi connectivity index (χ0) is 27.1. The van der Waals surface area contributed by atoms with E-state index >= 15 is 0 Å². The van der Waals surface area contributed by atoms with Crippen LogP contribution in [0.3, 0.4) is 0 Å². The fraction of sp³-hybridized carbons (Fsp3) is 0.432. The van der Waals surface area contributed by atoms with E-state index in [-0.39, 0.29) is 10.8 Å². The van der Waals surface area contributed by atoms with Gasteiger partial charge in [-0.25, -0.2) is 4.57 Å². The Morgan fingerprint density at radius 1 is 0.795 bits per heavy atom. The van der Waals surface area contributed by atoms with E-state index in [0.717, 1.165) is 11.2 Å². The molecule has 0 spiro atoms. The SMILES string of the molecule is Cc1ccc2c(oc3cc4ccccc4cc32)c1-c1c2c(c(C3CCCCC3)c[n+]1C)C(C)(C)CCC2(C)C. The first kappa shape index (κ1) is 24.9. The lowest BCUT2D eigenvalue weighted by Gasteiger charge is -2.44. The summed E-state index contributed by atoms with van der Waals surface area (Å²) >= 11 is 0. The Balaban J connectivity index is 1.58. The number of furan rings is 1. The smallest absolute Gasteiger partial charge is 0.220 e. The molecule has 0 atom stereocenters. The molecule has 2 aliphatic rings. The van der Waals surface area contributed by atoms with Crippen molar-refractivity contribution in [3.8, 4) is 11.3 Å². The molecule has 39 heavy (non-hydrogen) atoms. The molecule has 0 bridgehead atoms. The molecule has 0 unspecified atom stereocenters. The maximum Gasteiger partial charge on any atom is 0.220 e. The number of hydrogen-bond acceptors (Lipinski definition) is 1. The molecule has 200 valence electrons. The topological polar surface area (TPSA) is 17.0 Å². The van der Waals surface area contributed by atoms with Crippen molar-refractivity contribution in [2.24, 2.45) is 7.05 Å². The number of rotatable bonds is 2. The van der Waals surface area contributed by atoms with E-state index in [9.17, 15) is 0 Å². The molecule has 2 heteroatoms. The maximum atomic E-state index is 6.83. The lowest BCUT2D eigenvalue weighted by atomic mass is 9.60. The molecule has 1 fully saturated rings. The van der Waals surface area contributed by atoms with Gasteiger partial charge in [0.15, 0.2) is 6.20 Å². The fourth-order valence-corrected chi connectivity index (χ4v) is 7.98. The standard InChI is InChI=1S/C37H42NO/c1-23-16-17-27-28-20-25-14-10-11-15-26(25)21-30(28)39-35(27)31(23)34-33-32(36(2,3)18-19-37(33,4)5)29(22-38(34)6)24-12-8-7-9-13-24/h10-11,14-17,20-22,24H,7-9,12-13,18-19H2,1-6H3/q+1. The molecule has 2 nitrogen and oxygen atoms in total. The van der Waals surface area contributed by atoms with Crippen LogP contribution in [0.25, 0.3) is 44.0 Å². The average Bonchev–Trinajstić information content (AvgIpc) is 3.27. The van der Waals surface area contributed by atoms with Gasteiger partial charge in [0.25, 0.3) is 0 Å². The van der Waals surface area contributed by atoms with Gasteiger partial charge in [0, 0.05) is 21.9 Å². The Morgan fingerprint density at radius 2 is 1.46 bits per heavy atom. The second-order valence-electron chi connectivity index (χ2n) is 13.8. The van der Waals surface area contributed by atoms with Gasteiger partial charge in [0.2, 0.25) is 5.69 Å². The fourth-order valence-electron chi connectivity index (χ4n) is 7.98. The third kappa shape index (κ3) is 3.78. The van der Waals surface area contributed by atoms with E-state index in [1.165, 1.54) is 83.3 Å². The lowest BCUT2D eigenvalue weighted by Crippen LogP contribution is -2.43. The summed E-state index contributed by atoms with van der Waals surface area (Å²) in [6.07, 6.45) is 11.7. The van der Waals surface area contributed by atoms with Gasteiger partial charge in [-0.2, -0.15) is 0 Å². The summed E-state index contributed by atoms with van der Waals surface area (Å²) in [6, 6.07) is 17.7. The second kappa shape index (κ2) is 8.68. The molecule has 0 radical (unpaired) electrons. The summed E-state index contributed by atoms with van der Waals surface area (Å²) in [4.78, 5) is 0. The summed E-state index contributed by atoms with van der Waals surface area (Å²) in [7, 11) is 2.29. The predicted octanol–water partition coefficient (Wildman–Crippen LogP) is 9.94. The molecule has 3 aromatic carbocycles. The average molecular weight is 517 g/mol. The van der Waals surface area contributed by atoms with Gasteiger partial charge < -0.3 is 4.42 Å². The summed E-state index contributed by atoms with van der Waals surface area (Å²) < 4.78 is 9.30. The highest BCUT2D eigenvalue weighted by atomic mass is 16.3. The molecule has 2 aromatic heterocycles. The van der Waals surface area contributed by atoms with Gasteiger partial charge in [-0.15, -0.1) is 0 Å². The highest BCUT2D eigenvalue weighted by Gasteiger charge is 2.45. The third-order valence-electron chi connectivity index (χ3n) is 10.2. The Labute approximate surface area is 233 Å². The van der Waals surface area contributed by atoms with Crippen molar-refractivity contribution in [1.29, 1.82) is 0 Å². The quantitative estimate of drug-likeness (QED) is 0.213. The van der Waals surface area contributed by atoms with Crippen molar-refractivity contribution < 1.29 is 8.98 Å². The first-order valence-corrected chi connectivity index (χ1v) is 15.1. The van der Waals surface area contributed by atoms with Gasteiger partial charge >= 0.3 is 0 Å². The first-order valence-electron chi connectivity index (χ1n) is 15.1. The molecular weight excluding hydrogens is 474 g/mol. The van der Waals surface area contributed by atoms with Crippen LogP contribution < -0.4 is 4.57 Å². The van der Waals surface area contributed by atoms with Crippen LogP contribution in [0.4, 0.5) is 0 Å². The number of aryl methyl sites for hydroxylation is 2. The summed E-state index contributed by atoms with van der Waals surface area (Å²) in [5, 5.41) is 4.91. The molecule has 0 amide bonds. The molecule has 0 aliphatic heterocycles. The van der Waals surface area contributed by atoms with E-state index in [1.54, 1.807) is 16.7 Å². The minimum atomic E-state index is 0.0952. The van der Waals surface area contributed by atoms with Crippen LogP contribution >= 0.6 is 0 Å². The van der Waals surface area contributed by atoms with Crippen molar-refractivity contribution in [2.75, 3.05) is 0 Å². The van der Waals surface area contributed by atoms with E-state index in [1.807, 2.05) is 0 Å². The minimum absolute atomic E-state index is 0.0952. The number of aromatic nitrogens is 1. The normalized spacial score (nSPS) is 19.1. The first-order chi connectivity index (χ1) is 18.7. The van der Waals surface area contributed by atoms with E-state index in [2.05, 4.69) is 101 Å². The largest absolute Gasteiger partial charge is 0.455 e. The van der Waals surface area contributed by atoms with Gasteiger partial charge in [-0.3, -0.25) is 0 Å². The Morgan fingerprint density at radius 3 is 2.18 bits per heavy atom. The predicted molar refractivity (Wildman–Crippen MR) is 164 cm³/mol. The van der Waals surface area contributed by atoms with Crippen LogP contribution in [0.1, 0.15) is 101 Å². The van der Waals surface area contributed by atoms with E-state index in [4.69, 9.17) is 4.42 Å². The zero-order valence-corrected chi connectivity index (χ0v) is 24.6. The summed E-state index contributed by atoms with van der Waals surface area (Å²) in [5.41, 5.74) is 11.0. The minimum Gasteiger partial charge on any atom is -0.455 e. The highest BCUT2D eigenvalue weighted by molar-refractivity contribution is 6.13.